The van der Waals surface area contributed by atoms with E-state index in [1.54, 1.807) is 0 Å². The van der Waals surface area contributed by atoms with Gasteiger partial charge in [0, 0.05) is 31.1 Å². The maximum absolute atomic E-state index is 5.98. The molecule has 1 aliphatic rings. The van der Waals surface area contributed by atoms with Gasteiger partial charge in [0.1, 0.15) is 11.9 Å². The zero-order chi connectivity index (χ0) is 13.9. The third-order valence-electron chi connectivity index (χ3n) is 3.22. The third-order valence-corrected chi connectivity index (χ3v) is 3.46. The lowest BCUT2D eigenvalue weighted by Crippen LogP contribution is -2.41. The molecule has 4 heteroatoms. The lowest BCUT2D eigenvalue weighted by molar-refractivity contribution is -0.00980. The standard InChI is InChI=1S/C15H22ClNO2/c1-4-18-15(2,3)10-17-9-13-8-11-7-12(16)5-6-14(11)19-13/h5-7,13,17H,4,8-10H2,1-3H3. The van der Waals surface area contributed by atoms with Crippen molar-refractivity contribution in [2.24, 2.45) is 0 Å². The van der Waals surface area contributed by atoms with Gasteiger partial charge in [-0.2, -0.15) is 0 Å². The van der Waals surface area contributed by atoms with Crippen LogP contribution < -0.4 is 10.1 Å². The Morgan fingerprint density at radius 1 is 1.47 bits per heavy atom. The van der Waals surface area contributed by atoms with Crippen LogP contribution >= 0.6 is 11.6 Å². The van der Waals surface area contributed by atoms with E-state index >= 15 is 0 Å². The summed E-state index contributed by atoms with van der Waals surface area (Å²) in [5.41, 5.74) is 1.06. The van der Waals surface area contributed by atoms with Gasteiger partial charge in [-0.15, -0.1) is 0 Å². The maximum atomic E-state index is 5.98. The Morgan fingerprint density at radius 3 is 3.00 bits per heavy atom. The molecule has 0 radical (unpaired) electrons. The van der Waals surface area contributed by atoms with Gasteiger partial charge >= 0.3 is 0 Å². The molecule has 1 aromatic rings. The zero-order valence-corrected chi connectivity index (χ0v) is 12.6. The zero-order valence-electron chi connectivity index (χ0n) is 11.8. The minimum absolute atomic E-state index is 0.135. The van der Waals surface area contributed by atoms with Crippen molar-refractivity contribution in [3.63, 3.8) is 0 Å². The first-order valence-electron chi connectivity index (χ1n) is 6.80. The fourth-order valence-electron chi connectivity index (χ4n) is 2.38. The Bertz CT molecular complexity index is 434. The summed E-state index contributed by atoms with van der Waals surface area (Å²) < 4.78 is 11.5. The van der Waals surface area contributed by atoms with Crippen molar-refractivity contribution in [2.45, 2.75) is 38.9 Å². The Balaban J connectivity index is 1.78. The molecule has 0 saturated heterocycles. The van der Waals surface area contributed by atoms with Crippen LogP contribution in [0.15, 0.2) is 18.2 Å². The molecular weight excluding hydrogens is 262 g/mol. The minimum atomic E-state index is -0.135. The fraction of sp³-hybridized carbons (Fsp3) is 0.600. The first-order valence-corrected chi connectivity index (χ1v) is 7.18. The van der Waals surface area contributed by atoms with Crippen LogP contribution in [0.1, 0.15) is 26.3 Å². The molecular formula is C15H22ClNO2. The van der Waals surface area contributed by atoms with Crippen LogP contribution in [0.4, 0.5) is 0 Å². The second-order valence-corrected chi connectivity index (χ2v) is 5.96. The molecule has 0 spiro atoms. The molecule has 1 atom stereocenters. The molecule has 0 saturated carbocycles. The van der Waals surface area contributed by atoms with Crippen LogP contribution in [-0.2, 0) is 11.2 Å². The van der Waals surface area contributed by atoms with Crippen LogP contribution in [0.5, 0.6) is 5.75 Å². The van der Waals surface area contributed by atoms with Gasteiger partial charge in [-0.1, -0.05) is 11.6 Å². The predicted molar refractivity (Wildman–Crippen MR) is 78.1 cm³/mol. The van der Waals surface area contributed by atoms with Crippen LogP contribution in [0.25, 0.3) is 0 Å². The SMILES string of the molecule is CCOC(C)(C)CNCC1Cc2cc(Cl)ccc2O1. The van der Waals surface area contributed by atoms with E-state index in [1.165, 1.54) is 5.56 Å². The summed E-state index contributed by atoms with van der Waals surface area (Å²) in [7, 11) is 0. The second-order valence-electron chi connectivity index (χ2n) is 5.52. The van der Waals surface area contributed by atoms with E-state index in [1.807, 2.05) is 25.1 Å². The summed E-state index contributed by atoms with van der Waals surface area (Å²) in [5, 5.41) is 4.19. The number of hydrogen-bond donors (Lipinski definition) is 1. The summed E-state index contributed by atoms with van der Waals surface area (Å²) in [6.45, 7) is 8.57. The smallest absolute Gasteiger partial charge is 0.123 e. The van der Waals surface area contributed by atoms with E-state index in [9.17, 15) is 0 Å². The largest absolute Gasteiger partial charge is 0.488 e. The van der Waals surface area contributed by atoms with E-state index in [0.29, 0.717) is 0 Å². The molecule has 1 N–H and O–H groups in total. The fourth-order valence-corrected chi connectivity index (χ4v) is 2.57. The van der Waals surface area contributed by atoms with Gasteiger partial charge in [0.05, 0.1) is 5.60 Å². The summed E-state index contributed by atoms with van der Waals surface area (Å²) in [6.07, 6.45) is 1.10. The molecule has 0 bridgehead atoms. The molecule has 3 nitrogen and oxygen atoms in total. The number of benzene rings is 1. The van der Waals surface area contributed by atoms with Crippen molar-refractivity contribution >= 4 is 11.6 Å². The quantitative estimate of drug-likeness (QED) is 0.870. The first-order chi connectivity index (χ1) is 9.00. The van der Waals surface area contributed by atoms with Crippen molar-refractivity contribution in [3.8, 4) is 5.75 Å². The lowest BCUT2D eigenvalue weighted by Gasteiger charge is -2.25. The second kappa shape index (κ2) is 6.12. The molecule has 19 heavy (non-hydrogen) atoms. The lowest BCUT2D eigenvalue weighted by atomic mass is 10.1. The van der Waals surface area contributed by atoms with Crippen molar-refractivity contribution in [2.75, 3.05) is 19.7 Å². The predicted octanol–water partition coefficient (Wildman–Crippen LogP) is 3.05. The molecule has 1 aromatic carbocycles. The summed E-state index contributed by atoms with van der Waals surface area (Å²) in [6, 6.07) is 5.80. The van der Waals surface area contributed by atoms with Crippen LogP contribution in [-0.4, -0.2) is 31.4 Å². The molecule has 1 heterocycles. The van der Waals surface area contributed by atoms with Gasteiger partial charge in [0.25, 0.3) is 0 Å². The minimum Gasteiger partial charge on any atom is -0.488 e. The van der Waals surface area contributed by atoms with Gasteiger partial charge in [0.15, 0.2) is 0 Å². The van der Waals surface area contributed by atoms with Crippen LogP contribution in [0, 0.1) is 0 Å². The molecule has 0 fully saturated rings. The van der Waals surface area contributed by atoms with Gasteiger partial charge in [0.2, 0.25) is 0 Å². The number of fused-ring (bicyclic) bond motifs is 1. The Labute approximate surface area is 120 Å². The molecule has 1 aliphatic heterocycles. The van der Waals surface area contributed by atoms with Crippen molar-refractivity contribution in [1.29, 1.82) is 0 Å². The number of ether oxygens (including phenoxy) is 2. The van der Waals surface area contributed by atoms with Crippen molar-refractivity contribution < 1.29 is 9.47 Å². The van der Waals surface area contributed by atoms with E-state index in [2.05, 4.69) is 19.2 Å². The maximum Gasteiger partial charge on any atom is 0.123 e. The van der Waals surface area contributed by atoms with E-state index < -0.39 is 0 Å². The van der Waals surface area contributed by atoms with Crippen molar-refractivity contribution in [3.05, 3.63) is 28.8 Å². The van der Waals surface area contributed by atoms with E-state index in [-0.39, 0.29) is 11.7 Å². The Kier molecular flexibility index (Phi) is 4.71. The van der Waals surface area contributed by atoms with Gasteiger partial charge in [-0.3, -0.25) is 0 Å². The number of halogens is 1. The average molecular weight is 284 g/mol. The Hall–Kier alpha value is -0.770. The Morgan fingerprint density at radius 2 is 2.26 bits per heavy atom. The highest BCUT2D eigenvalue weighted by Gasteiger charge is 2.24. The van der Waals surface area contributed by atoms with Crippen LogP contribution in [0.2, 0.25) is 5.02 Å². The van der Waals surface area contributed by atoms with Crippen molar-refractivity contribution in [1.82, 2.24) is 5.32 Å². The molecule has 0 amide bonds. The number of rotatable bonds is 6. The van der Waals surface area contributed by atoms with Gasteiger partial charge in [-0.25, -0.2) is 0 Å². The number of nitrogens with one attached hydrogen (secondary N) is 1. The summed E-state index contributed by atoms with van der Waals surface area (Å²) in [4.78, 5) is 0. The van der Waals surface area contributed by atoms with E-state index in [0.717, 1.165) is 36.9 Å². The molecule has 2 rings (SSSR count). The summed E-state index contributed by atoms with van der Waals surface area (Å²) >= 11 is 5.98. The molecule has 106 valence electrons. The van der Waals surface area contributed by atoms with Crippen LogP contribution in [0.3, 0.4) is 0 Å². The first kappa shape index (κ1) is 14.6. The average Bonchev–Trinajstić information content (AvgIpc) is 2.70. The monoisotopic (exact) mass is 283 g/mol. The molecule has 0 aliphatic carbocycles. The third kappa shape index (κ3) is 4.10. The highest BCUT2D eigenvalue weighted by atomic mass is 35.5. The topological polar surface area (TPSA) is 30.5 Å². The highest BCUT2D eigenvalue weighted by molar-refractivity contribution is 6.30. The molecule has 1 unspecified atom stereocenters. The molecule has 0 aromatic heterocycles. The summed E-state index contributed by atoms with van der Waals surface area (Å²) in [5.74, 6) is 0.959. The van der Waals surface area contributed by atoms with Gasteiger partial charge < -0.3 is 14.8 Å². The van der Waals surface area contributed by atoms with Gasteiger partial charge in [-0.05, 0) is 44.5 Å². The normalized spacial score (nSPS) is 18.2. The number of hydrogen-bond acceptors (Lipinski definition) is 3. The van der Waals surface area contributed by atoms with E-state index in [4.69, 9.17) is 21.1 Å². The highest BCUT2D eigenvalue weighted by Crippen LogP contribution is 2.30.